The summed E-state index contributed by atoms with van der Waals surface area (Å²) >= 11 is 0. The first-order valence-electron chi connectivity index (χ1n) is 8.86. The van der Waals surface area contributed by atoms with Crippen molar-refractivity contribution in [1.29, 1.82) is 0 Å². The zero-order valence-corrected chi connectivity index (χ0v) is 14.8. The maximum absolute atomic E-state index is 12.6. The number of ether oxygens (including phenoxy) is 1. The van der Waals surface area contributed by atoms with Crippen molar-refractivity contribution >= 4 is 23.5 Å². The lowest BCUT2D eigenvalue weighted by molar-refractivity contribution is -0.146. The van der Waals surface area contributed by atoms with Crippen LogP contribution >= 0.6 is 0 Å². The van der Waals surface area contributed by atoms with Crippen LogP contribution < -0.4 is 5.32 Å². The molecule has 2 aliphatic rings. The van der Waals surface area contributed by atoms with Crippen LogP contribution in [-0.4, -0.2) is 29.6 Å². The predicted molar refractivity (Wildman–Crippen MR) is 95.5 cm³/mol. The minimum atomic E-state index is -0.926. The van der Waals surface area contributed by atoms with E-state index < -0.39 is 23.8 Å². The van der Waals surface area contributed by atoms with Crippen molar-refractivity contribution in [2.24, 2.45) is 29.6 Å². The lowest BCUT2D eigenvalue weighted by Gasteiger charge is -2.23. The van der Waals surface area contributed by atoms with Gasteiger partial charge in [-0.25, -0.2) is 4.79 Å². The minimum Gasteiger partial charge on any atom is -0.481 e. The molecule has 0 unspecified atom stereocenters. The third kappa shape index (κ3) is 3.64. The quantitative estimate of drug-likeness (QED) is 0.603. The van der Waals surface area contributed by atoms with Gasteiger partial charge in [0, 0.05) is 5.69 Å². The number of fused-ring (bicyclic) bond motifs is 2. The molecular weight excluding hydrogens is 334 g/mol. The molecule has 4 atom stereocenters. The number of benzene rings is 1. The summed E-state index contributed by atoms with van der Waals surface area (Å²) in [5.74, 6) is -2.67. The van der Waals surface area contributed by atoms with Crippen LogP contribution in [0.4, 0.5) is 5.69 Å². The number of aliphatic carboxylic acids is 1. The van der Waals surface area contributed by atoms with E-state index in [2.05, 4.69) is 5.32 Å². The van der Waals surface area contributed by atoms with E-state index in [0.29, 0.717) is 17.9 Å². The third-order valence-electron chi connectivity index (χ3n) is 4.98. The van der Waals surface area contributed by atoms with Gasteiger partial charge in [-0.1, -0.05) is 26.0 Å². The molecule has 0 heterocycles. The summed E-state index contributed by atoms with van der Waals surface area (Å²) < 4.78 is 5.17. The lowest BCUT2D eigenvalue weighted by Crippen LogP contribution is -2.36. The van der Waals surface area contributed by atoms with E-state index in [4.69, 9.17) is 4.74 Å². The molecule has 1 fully saturated rings. The van der Waals surface area contributed by atoms with Crippen molar-refractivity contribution in [3.8, 4) is 0 Å². The number of anilines is 1. The summed E-state index contributed by atoms with van der Waals surface area (Å²) in [6.45, 7) is 4.27. The standard InChI is InChI=1S/C20H23NO5/c1-11(2)10-26-20(25)12-5-7-15(8-6-12)21-18(22)16-13-3-4-14(9-13)17(16)19(23)24/h3-8,11,13-14,16-17H,9-10H2,1-2H3,(H,21,22)(H,23,24)/t13-,14-,16-,17+/m0/s1. The Morgan fingerprint density at radius 3 is 2.31 bits per heavy atom. The van der Waals surface area contributed by atoms with Gasteiger partial charge in [0.15, 0.2) is 0 Å². The number of hydrogen-bond acceptors (Lipinski definition) is 4. The Hall–Kier alpha value is -2.63. The SMILES string of the molecule is CC(C)COC(=O)c1ccc(NC(=O)[C@@H]2[C@H](C(=O)O)[C@H]3C=C[C@H]2C3)cc1. The Balaban J connectivity index is 1.64. The summed E-state index contributed by atoms with van der Waals surface area (Å²) in [6.07, 6.45) is 4.57. The second-order valence-corrected chi connectivity index (χ2v) is 7.40. The van der Waals surface area contributed by atoms with Crippen LogP contribution in [0.5, 0.6) is 0 Å². The van der Waals surface area contributed by atoms with Crippen molar-refractivity contribution in [3.63, 3.8) is 0 Å². The van der Waals surface area contributed by atoms with Crippen molar-refractivity contribution in [3.05, 3.63) is 42.0 Å². The number of carbonyl (C=O) groups excluding carboxylic acids is 2. The molecule has 0 aromatic heterocycles. The molecule has 26 heavy (non-hydrogen) atoms. The molecule has 2 bridgehead atoms. The van der Waals surface area contributed by atoms with Gasteiger partial charge in [0.1, 0.15) is 0 Å². The van der Waals surface area contributed by atoms with Gasteiger partial charge in [0.05, 0.1) is 24.0 Å². The van der Waals surface area contributed by atoms with Crippen LogP contribution in [0.25, 0.3) is 0 Å². The molecule has 1 amide bonds. The molecule has 1 aromatic rings. The van der Waals surface area contributed by atoms with Crippen molar-refractivity contribution in [2.45, 2.75) is 20.3 Å². The van der Waals surface area contributed by atoms with Gasteiger partial charge in [-0.3, -0.25) is 9.59 Å². The molecule has 0 spiro atoms. The van der Waals surface area contributed by atoms with Crippen LogP contribution in [0.1, 0.15) is 30.6 Å². The minimum absolute atomic E-state index is 0.0219. The zero-order valence-electron chi connectivity index (χ0n) is 14.8. The number of allylic oxidation sites excluding steroid dienone is 2. The molecule has 138 valence electrons. The van der Waals surface area contributed by atoms with E-state index in [9.17, 15) is 19.5 Å². The van der Waals surface area contributed by atoms with Gasteiger partial charge in [0.25, 0.3) is 0 Å². The number of carboxylic acids is 1. The highest BCUT2D eigenvalue weighted by Gasteiger charge is 2.51. The molecule has 0 aliphatic heterocycles. The largest absolute Gasteiger partial charge is 0.481 e. The second-order valence-electron chi connectivity index (χ2n) is 7.40. The van der Waals surface area contributed by atoms with E-state index in [-0.39, 0.29) is 23.7 Å². The monoisotopic (exact) mass is 357 g/mol. The fraction of sp³-hybridized carbons (Fsp3) is 0.450. The van der Waals surface area contributed by atoms with Crippen LogP contribution in [0.3, 0.4) is 0 Å². The maximum atomic E-state index is 12.6. The zero-order chi connectivity index (χ0) is 18.8. The van der Waals surface area contributed by atoms with Crippen LogP contribution in [0, 0.1) is 29.6 Å². The first kappa shape index (κ1) is 18.2. The molecule has 3 rings (SSSR count). The molecule has 0 saturated heterocycles. The molecule has 6 heteroatoms. The van der Waals surface area contributed by atoms with Gasteiger partial charge in [-0.15, -0.1) is 0 Å². The lowest BCUT2D eigenvalue weighted by atomic mass is 9.82. The Bertz CT molecular complexity index is 737. The number of rotatable bonds is 6. The third-order valence-corrected chi connectivity index (χ3v) is 4.98. The Kier molecular flexibility index (Phi) is 5.11. The van der Waals surface area contributed by atoms with E-state index >= 15 is 0 Å². The van der Waals surface area contributed by atoms with Crippen LogP contribution in [-0.2, 0) is 14.3 Å². The highest BCUT2D eigenvalue weighted by atomic mass is 16.5. The van der Waals surface area contributed by atoms with Gasteiger partial charge >= 0.3 is 11.9 Å². The number of hydrogen-bond donors (Lipinski definition) is 2. The van der Waals surface area contributed by atoms with Crippen molar-refractivity contribution in [1.82, 2.24) is 0 Å². The van der Waals surface area contributed by atoms with Gasteiger partial charge in [-0.2, -0.15) is 0 Å². The average molecular weight is 357 g/mol. The maximum Gasteiger partial charge on any atom is 0.338 e. The molecule has 2 N–H and O–H groups in total. The molecule has 0 radical (unpaired) electrons. The molecular formula is C20H23NO5. The Morgan fingerprint density at radius 1 is 1.12 bits per heavy atom. The fourth-order valence-electron chi connectivity index (χ4n) is 3.76. The summed E-state index contributed by atoms with van der Waals surface area (Å²) in [6, 6.07) is 6.44. The number of carboxylic acid groups (broad SMARTS) is 1. The van der Waals surface area contributed by atoms with E-state index in [1.165, 1.54) is 0 Å². The first-order valence-corrected chi connectivity index (χ1v) is 8.86. The fourth-order valence-corrected chi connectivity index (χ4v) is 3.76. The first-order chi connectivity index (χ1) is 12.4. The molecule has 2 aliphatic carbocycles. The van der Waals surface area contributed by atoms with Crippen molar-refractivity contribution < 1.29 is 24.2 Å². The van der Waals surface area contributed by atoms with Gasteiger partial charge in [0.2, 0.25) is 5.91 Å². The van der Waals surface area contributed by atoms with Crippen LogP contribution in [0.2, 0.25) is 0 Å². The van der Waals surface area contributed by atoms with Gasteiger partial charge in [-0.05, 0) is 48.4 Å². The number of amides is 1. The summed E-state index contributed by atoms with van der Waals surface area (Å²) in [4.78, 5) is 36.1. The van der Waals surface area contributed by atoms with E-state index in [0.717, 1.165) is 6.42 Å². The topological polar surface area (TPSA) is 92.7 Å². The molecule has 1 aromatic carbocycles. The molecule has 6 nitrogen and oxygen atoms in total. The summed E-state index contributed by atoms with van der Waals surface area (Å²) in [5.41, 5.74) is 0.946. The number of esters is 1. The normalized spacial score (nSPS) is 26.1. The summed E-state index contributed by atoms with van der Waals surface area (Å²) in [7, 11) is 0. The van der Waals surface area contributed by atoms with Crippen LogP contribution in [0.15, 0.2) is 36.4 Å². The second kappa shape index (κ2) is 7.32. The Morgan fingerprint density at radius 2 is 1.73 bits per heavy atom. The smallest absolute Gasteiger partial charge is 0.338 e. The highest BCUT2D eigenvalue weighted by molar-refractivity contribution is 5.97. The van der Waals surface area contributed by atoms with Gasteiger partial charge < -0.3 is 15.2 Å². The van der Waals surface area contributed by atoms with E-state index in [1.54, 1.807) is 24.3 Å². The average Bonchev–Trinajstić information content (AvgIpc) is 3.21. The Labute approximate surface area is 152 Å². The highest BCUT2D eigenvalue weighted by Crippen LogP contribution is 2.48. The number of nitrogens with one attached hydrogen (secondary N) is 1. The predicted octanol–water partition coefficient (Wildman–Crippen LogP) is 2.96. The molecule has 1 saturated carbocycles. The number of carbonyl (C=O) groups is 3. The van der Waals surface area contributed by atoms with E-state index in [1.807, 2.05) is 26.0 Å². The summed E-state index contributed by atoms with van der Waals surface area (Å²) in [5, 5.41) is 12.2. The van der Waals surface area contributed by atoms with Crippen molar-refractivity contribution in [2.75, 3.05) is 11.9 Å².